The summed E-state index contributed by atoms with van der Waals surface area (Å²) in [4.78, 5) is 4.60. The van der Waals surface area contributed by atoms with Gasteiger partial charge < -0.3 is 0 Å². The minimum Gasteiger partial charge on any atom is -0.256 e. The third kappa shape index (κ3) is 2.41. The van der Waals surface area contributed by atoms with Crippen molar-refractivity contribution in [2.45, 2.75) is 26.7 Å². The van der Waals surface area contributed by atoms with Crippen LogP contribution >= 0.6 is 11.3 Å². The Kier molecular flexibility index (Phi) is 3.11. The van der Waals surface area contributed by atoms with Crippen molar-refractivity contribution >= 4 is 21.4 Å². The molecule has 0 fully saturated rings. The van der Waals surface area contributed by atoms with Crippen molar-refractivity contribution in [3.63, 3.8) is 0 Å². The van der Waals surface area contributed by atoms with E-state index in [1.54, 1.807) is 11.3 Å². The molecule has 3 rings (SSSR count). The molecule has 2 aromatic heterocycles. The van der Waals surface area contributed by atoms with E-state index in [2.05, 4.69) is 61.5 Å². The minimum absolute atomic E-state index is 0.545. The number of rotatable bonds is 2. The first-order valence-corrected chi connectivity index (χ1v) is 7.46. The van der Waals surface area contributed by atoms with Crippen LogP contribution in [0.15, 0.2) is 41.9 Å². The molecule has 0 spiro atoms. The van der Waals surface area contributed by atoms with Crippen LogP contribution in [0.25, 0.3) is 21.3 Å². The van der Waals surface area contributed by atoms with E-state index in [0.29, 0.717) is 5.92 Å². The molecule has 1 nitrogen and oxygen atoms in total. The number of aryl methyl sites for hydroxylation is 1. The summed E-state index contributed by atoms with van der Waals surface area (Å²) in [5, 5.41) is 3.34. The monoisotopic (exact) mass is 267 g/mol. The molecule has 0 atom stereocenters. The van der Waals surface area contributed by atoms with Crippen LogP contribution in [0, 0.1) is 6.92 Å². The zero-order valence-electron chi connectivity index (χ0n) is 11.5. The highest BCUT2D eigenvalue weighted by molar-refractivity contribution is 7.17. The smallest absolute Gasteiger partial charge is 0.0716 e. The largest absolute Gasteiger partial charge is 0.256 e. The van der Waals surface area contributed by atoms with Gasteiger partial charge >= 0.3 is 0 Å². The normalized spacial score (nSPS) is 11.4. The Morgan fingerprint density at radius 1 is 1.11 bits per heavy atom. The van der Waals surface area contributed by atoms with Crippen molar-refractivity contribution in [1.29, 1.82) is 0 Å². The summed E-state index contributed by atoms with van der Waals surface area (Å²) in [7, 11) is 0. The topological polar surface area (TPSA) is 12.9 Å². The number of hydrogen-bond donors (Lipinski definition) is 0. The molecule has 1 aromatic carbocycles. The molecule has 96 valence electrons. The lowest BCUT2D eigenvalue weighted by atomic mass is 9.97. The standard InChI is InChI=1S/C17H17NS/c1-11(2)14-6-12(3)7-15(8-14)16-9-17-13(10-18-16)4-5-19-17/h4-11H,1-3H3. The van der Waals surface area contributed by atoms with Crippen LogP contribution in [0.5, 0.6) is 0 Å². The minimum atomic E-state index is 0.545. The highest BCUT2D eigenvalue weighted by Gasteiger charge is 2.06. The predicted molar refractivity (Wildman–Crippen MR) is 83.9 cm³/mol. The van der Waals surface area contributed by atoms with Gasteiger partial charge in [0.25, 0.3) is 0 Å². The van der Waals surface area contributed by atoms with Gasteiger partial charge in [-0.1, -0.05) is 25.5 Å². The lowest BCUT2D eigenvalue weighted by Gasteiger charge is -2.10. The second-order valence-corrected chi connectivity index (χ2v) is 6.26. The molecule has 0 saturated carbocycles. The lowest BCUT2D eigenvalue weighted by Crippen LogP contribution is -1.91. The van der Waals surface area contributed by atoms with Gasteiger partial charge in [-0.15, -0.1) is 11.3 Å². The Balaban J connectivity index is 2.14. The molecule has 0 N–H and O–H groups in total. The van der Waals surface area contributed by atoms with E-state index in [0.717, 1.165) is 5.69 Å². The molecule has 0 aliphatic heterocycles. The summed E-state index contributed by atoms with van der Waals surface area (Å²) in [5.74, 6) is 0.545. The number of nitrogens with zero attached hydrogens (tertiary/aromatic N) is 1. The molecule has 0 unspecified atom stereocenters. The molecule has 0 amide bonds. The van der Waals surface area contributed by atoms with Crippen molar-refractivity contribution in [1.82, 2.24) is 4.98 Å². The number of pyridine rings is 1. The second-order valence-electron chi connectivity index (χ2n) is 5.32. The van der Waals surface area contributed by atoms with E-state index in [1.165, 1.54) is 26.8 Å². The number of hydrogen-bond acceptors (Lipinski definition) is 2. The fraction of sp³-hybridized carbons (Fsp3) is 0.235. The first-order valence-electron chi connectivity index (χ1n) is 6.59. The van der Waals surface area contributed by atoms with Gasteiger partial charge in [-0.05, 0) is 48.1 Å². The van der Waals surface area contributed by atoms with Crippen LogP contribution in [0.3, 0.4) is 0 Å². The molecule has 2 heterocycles. The van der Waals surface area contributed by atoms with E-state index in [9.17, 15) is 0 Å². The fourth-order valence-electron chi connectivity index (χ4n) is 2.31. The molecule has 0 aliphatic carbocycles. The summed E-state index contributed by atoms with van der Waals surface area (Å²) < 4.78 is 1.30. The molecule has 3 aromatic rings. The molecule has 2 heteroatoms. The number of aromatic nitrogens is 1. The molecular weight excluding hydrogens is 250 g/mol. The van der Waals surface area contributed by atoms with E-state index in [-0.39, 0.29) is 0 Å². The molecule has 0 bridgehead atoms. The Labute approximate surface area is 117 Å². The van der Waals surface area contributed by atoms with Crippen molar-refractivity contribution in [2.75, 3.05) is 0 Å². The van der Waals surface area contributed by atoms with Gasteiger partial charge in [-0.2, -0.15) is 0 Å². The van der Waals surface area contributed by atoms with Crippen molar-refractivity contribution in [3.8, 4) is 11.3 Å². The maximum Gasteiger partial charge on any atom is 0.0716 e. The van der Waals surface area contributed by atoms with Gasteiger partial charge in [0.1, 0.15) is 0 Å². The average molecular weight is 267 g/mol. The highest BCUT2D eigenvalue weighted by Crippen LogP contribution is 2.28. The quantitative estimate of drug-likeness (QED) is 0.606. The van der Waals surface area contributed by atoms with E-state index in [4.69, 9.17) is 0 Å². The first-order chi connectivity index (χ1) is 9.13. The zero-order chi connectivity index (χ0) is 13.4. The lowest BCUT2D eigenvalue weighted by molar-refractivity contribution is 0.865. The van der Waals surface area contributed by atoms with Crippen LogP contribution in [-0.2, 0) is 0 Å². The summed E-state index contributed by atoms with van der Waals surface area (Å²) in [6.45, 7) is 6.61. The molecule has 19 heavy (non-hydrogen) atoms. The van der Waals surface area contributed by atoms with Crippen LogP contribution in [0.1, 0.15) is 30.9 Å². The van der Waals surface area contributed by atoms with Crippen LogP contribution in [0.2, 0.25) is 0 Å². The highest BCUT2D eigenvalue weighted by atomic mass is 32.1. The Bertz CT molecular complexity index is 725. The van der Waals surface area contributed by atoms with Gasteiger partial charge in [-0.25, -0.2) is 0 Å². The van der Waals surface area contributed by atoms with Crippen molar-refractivity contribution in [3.05, 3.63) is 53.0 Å². The van der Waals surface area contributed by atoms with E-state index < -0.39 is 0 Å². The van der Waals surface area contributed by atoms with Gasteiger partial charge in [0.05, 0.1) is 5.69 Å². The fourth-order valence-corrected chi connectivity index (χ4v) is 3.10. The van der Waals surface area contributed by atoms with E-state index in [1.807, 2.05) is 6.20 Å². The van der Waals surface area contributed by atoms with Crippen LogP contribution in [0.4, 0.5) is 0 Å². The first kappa shape index (κ1) is 12.4. The Hall–Kier alpha value is -1.67. The second kappa shape index (κ2) is 4.78. The third-order valence-electron chi connectivity index (χ3n) is 3.40. The summed E-state index contributed by atoms with van der Waals surface area (Å²) >= 11 is 1.77. The molecule has 0 aliphatic rings. The molecule has 0 saturated heterocycles. The Morgan fingerprint density at radius 3 is 2.74 bits per heavy atom. The predicted octanol–water partition coefficient (Wildman–Crippen LogP) is 5.40. The number of benzene rings is 1. The Morgan fingerprint density at radius 2 is 1.95 bits per heavy atom. The third-order valence-corrected chi connectivity index (χ3v) is 4.28. The maximum atomic E-state index is 4.60. The van der Waals surface area contributed by atoms with Crippen LogP contribution in [-0.4, -0.2) is 4.98 Å². The van der Waals surface area contributed by atoms with E-state index >= 15 is 0 Å². The average Bonchev–Trinajstić information content (AvgIpc) is 2.85. The number of fused-ring (bicyclic) bond motifs is 1. The van der Waals surface area contributed by atoms with Gasteiger partial charge in [0, 0.05) is 21.8 Å². The molecular formula is C17H17NS. The van der Waals surface area contributed by atoms with Crippen molar-refractivity contribution in [2.24, 2.45) is 0 Å². The van der Waals surface area contributed by atoms with Gasteiger partial charge in [0.15, 0.2) is 0 Å². The zero-order valence-corrected chi connectivity index (χ0v) is 12.3. The SMILES string of the molecule is Cc1cc(-c2cc3sccc3cn2)cc(C(C)C)c1. The molecule has 0 radical (unpaired) electrons. The summed E-state index contributed by atoms with van der Waals surface area (Å²) in [5.41, 5.74) is 4.97. The number of thiophene rings is 1. The van der Waals surface area contributed by atoms with Crippen molar-refractivity contribution < 1.29 is 0 Å². The van der Waals surface area contributed by atoms with Crippen LogP contribution < -0.4 is 0 Å². The summed E-state index contributed by atoms with van der Waals surface area (Å²) in [6.07, 6.45) is 1.97. The maximum absolute atomic E-state index is 4.60. The van der Waals surface area contributed by atoms with Gasteiger partial charge in [-0.3, -0.25) is 4.98 Å². The summed E-state index contributed by atoms with van der Waals surface area (Å²) in [6, 6.07) is 11.1. The van der Waals surface area contributed by atoms with Gasteiger partial charge in [0.2, 0.25) is 0 Å².